The van der Waals surface area contributed by atoms with Crippen LogP contribution in [0.3, 0.4) is 0 Å². The summed E-state index contributed by atoms with van der Waals surface area (Å²) in [5.74, 6) is -2.59. The van der Waals surface area contributed by atoms with Crippen molar-refractivity contribution in [3.05, 3.63) is 11.3 Å². The summed E-state index contributed by atoms with van der Waals surface area (Å²) >= 11 is 0. The maximum Gasteiger partial charge on any atom is 0.311 e. The molecule has 16 atom stereocenters. The fraction of sp³-hybridized carbons (Fsp3) is 0.900. The molecule has 53 heavy (non-hydrogen) atoms. The summed E-state index contributed by atoms with van der Waals surface area (Å²) < 4.78 is 51.1. The van der Waals surface area contributed by atoms with E-state index < -0.39 is 89.7 Å². The van der Waals surface area contributed by atoms with Gasteiger partial charge in [-0.15, -0.1) is 0 Å². The van der Waals surface area contributed by atoms with Gasteiger partial charge in [0, 0.05) is 45.1 Å². The van der Waals surface area contributed by atoms with Crippen LogP contribution in [0.2, 0.25) is 0 Å². The zero-order valence-electron chi connectivity index (χ0n) is 34.8. The predicted octanol–water partition coefficient (Wildman–Crippen LogP) is 4.53. The quantitative estimate of drug-likeness (QED) is 0.318. The van der Waals surface area contributed by atoms with Gasteiger partial charge in [0.1, 0.15) is 35.8 Å². The largest absolute Gasteiger partial charge is 0.488 e. The third-order valence-electron chi connectivity index (χ3n) is 12.8. The van der Waals surface area contributed by atoms with Gasteiger partial charge < -0.3 is 48.1 Å². The van der Waals surface area contributed by atoms with E-state index in [0.29, 0.717) is 25.0 Å². The van der Waals surface area contributed by atoms with Crippen molar-refractivity contribution >= 4 is 11.8 Å². The standard InChI is InChI=1S/C40H69NO12/c1-16-28-40(12,47-15)33(43)23(6)31-21(4)18-39(11,53-31)35(52-37-30(42)27(17-22(5)48-37)41(13)20(2)3)24(7)32(25(8)36(45)50-28)51-29-19-38(10,46-14)34(44)26(9)49-29/h20,22-30,32,34-35,37,42,44H,16-19H2,1-15H3/t22-,23+,24+,25-,26+,27+,28-,29+,30-,32+,34+,35-,37+,38-,39?,40-/m1/s1. The lowest BCUT2D eigenvalue weighted by Gasteiger charge is -2.49. The normalized spacial score (nSPS) is 46.1. The Hall–Kier alpha value is -1.68. The first-order chi connectivity index (χ1) is 24.6. The Kier molecular flexibility index (Phi) is 14.0. The van der Waals surface area contributed by atoms with Gasteiger partial charge in [0.05, 0.1) is 35.7 Å². The molecule has 4 rings (SSSR count). The number of methoxy groups -OCH3 is 2. The highest BCUT2D eigenvalue weighted by Crippen LogP contribution is 2.47. The summed E-state index contributed by atoms with van der Waals surface area (Å²) in [4.78, 5) is 30.8. The number of hydrogen-bond donors (Lipinski definition) is 2. The van der Waals surface area contributed by atoms with Gasteiger partial charge in [0.25, 0.3) is 0 Å². The van der Waals surface area contributed by atoms with Gasteiger partial charge >= 0.3 is 5.97 Å². The average Bonchev–Trinajstić information content (AvgIpc) is 3.43. The van der Waals surface area contributed by atoms with Crippen LogP contribution in [0, 0.1) is 17.8 Å². The monoisotopic (exact) mass is 755 g/mol. The lowest BCUT2D eigenvalue weighted by atomic mass is 9.79. The molecule has 4 heterocycles. The minimum absolute atomic E-state index is 0.164. The number of ether oxygens (including phenoxy) is 8. The molecule has 4 aliphatic heterocycles. The van der Waals surface area contributed by atoms with E-state index in [1.165, 1.54) is 14.2 Å². The van der Waals surface area contributed by atoms with Crippen molar-refractivity contribution in [3.8, 4) is 0 Å². The highest BCUT2D eigenvalue weighted by molar-refractivity contribution is 5.92. The van der Waals surface area contributed by atoms with Gasteiger partial charge in [-0.3, -0.25) is 14.5 Å². The number of cyclic esters (lactones) is 1. The Labute approximate surface area is 317 Å². The van der Waals surface area contributed by atoms with E-state index in [4.69, 9.17) is 37.9 Å². The number of likely N-dealkylation sites (N-methyl/N-ethyl adjacent to an activating group) is 1. The number of carbonyl (C=O) groups is 2. The zero-order valence-corrected chi connectivity index (χ0v) is 34.8. The molecule has 3 fully saturated rings. The predicted molar refractivity (Wildman–Crippen MR) is 197 cm³/mol. The topological polar surface area (TPSA) is 152 Å². The molecule has 0 spiro atoms. The molecular weight excluding hydrogens is 686 g/mol. The summed E-state index contributed by atoms with van der Waals surface area (Å²) in [6, 6.07) is -0.0782. The Bertz CT molecular complexity index is 1330. The number of fused-ring (bicyclic) bond motifs is 2. The molecular formula is C40H69NO12. The molecule has 0 radical (unpaired) electrons. The number of aliphatic hydroxyl groups is 2. The number of ketones is 1. The number of rotatable bonds is 9. The number of carbonyl (C=O) groups excluding carboxylic acids is 2. The molecule has 3 saturated heterocycles. The molecule has 0 saturated carbocycles. The molecule has 306 valence electrons. The molecule has 1 unspecified atom stereocenters. The van der Waals surface area contributed by atoms with Gasteiger partial charge in [0.15, 0.2) is 24.0 Å². The zero-order chi connectivity index (χ0) is 40.0. The van der Waals surface area contributed by atoms with Crippen molar-refractivity contribution < 1.29 is 57.7 Å². The number of allylic oxidation sites excluding steroid dienone is 1. The average molecular weight is 756 g/mol. The molecule has 0 aliphatic carbocycles. The van der Waals surface area contributed by atoms with Crippen molar-refractivity contribution in [2.45, 2.75) is 193 Å². The van der Waals surface area contributed by atoms with E-state index in [-0.39, 0.29) is 30.4 Å². The maximum atomic E-state index is 14.4. The molecule has 13 nitrogen and oxygen atoms in total. The van der Waals surface area contributed by atoms with Crippen LogP contribution in [0.4, 0.5) is 0 Å². The lowest BCUT2D eigenvalue weighted by Crippen LogP contribution is -2.61. The second-order valence-electron chi connectivity index (χ2n) is 17.1. The number of Topliss-reactive ketones (excluding diaryl/α,β-unsaturated/α-hetero) is 1. The van der Waals surface area contributed by atoms with Crippen LogP contribution >= 0.6 is 0 Å². The smallest absolute Gasteiger partial charge is 0.311 e. The Balaban J connectivity index is 1.86. The Morgan fingerprint density at radius 2 is 1.62 bits per heavy atom. The van der Waals surface area contributed by atoms with E-state index in [1.54, 1.807) is 34.6 Å². The molecule has 0 aromatic heterocycles. The SMILES string of the molecule is CC[C@H]1OC(=O)[C@H](C)[C@@H](O[C@H]2C[C@@](C)(OC)[C@@H](O)[C@H](C)O2)[C@H](C)[C@@H](O[C@@H]2O[C@H](C)C[C@H](N(C)C(C)C)[C@H]2O)C2(C)CC(C)=C(O2)[C@H](C)C(=O)[C@]1(C)OC. The van der Waals surface area contributed by atoms with Crippen LogP contribution in [-0.4, -0.2) is 132 Å². The highest BCUT2D eigenvalue weighted by atomic mass is 16.7. The highest BCUT2D eigenvalue weighted by Gasteiger charge is 2.56. The minimum Gasteiger partial charge on any atom is -0.488 e. The number of aliphatic hydroxyl groups excluding tert-OH is 2. The first-order valence-electron chi connectivity index (χ1n) is 19.5. The van der Waals surface area contributed by atoms with Crippen LogP contribution in [0.5, 0.6) is 0 Å². The van der Waals surface area contributed by atoms with Crippen molar-refractivity contribution in [1.29, 1.82) is 0 Å². The second kappa shape index (κ2) is 16.8. The fourth-order valence-electron chi connectivity index (χ4n) is 9.05. The minimum atomic E-state index is -1.48. The molecule has 0 amide bonds. The summed E-state index contributed by atoms with van der Waals surface area (Å²) in [6.45, 7) is 22.5. The maximum absolute atomic E-state index is 14.4. The number of hydrogen-bond acceptors (Lipinski definition) is 13. The van der Waals surface area contributed by atoms with Gasteiger partial charge in [0.2, 0.25) is 0 Å². The van der Waals surface area contributed by atoms with Crippen LogP contribution in [-0.2, 0) is 47.5 Å². The van der Waals surface area contributed by atoms with Crippen LogP contribution in [0.15, 0.2) is 11.3 Å². The lowest BCUT2D eigenvalue weighted by molar-refractivity contribution is -0.317. The third-order valence-corrected chi connectivity index (χ3v) is 12.8. The Morgan fingerprint density at radius 3 is 2.19 bits per heavy atom. The van der Waals surface area contributed by atoms with Gasteiger partial charge in [-0.05, 0) is 94.7 Å². The van der Waals surface area contributed by atoms with Crippen molar-refractivity contribution in [2.24, 2.45) is 17.8 Å². The van der Waals surface area contributed by atoms with Gasteiger partial charge in [-0.25, -0.2) is 0 Å². The van der Waals surface area contributed by atoms with E-state index in [9.17, 15) is 19.8 Å². The molecule has 13 heteroatoms. The summed E-state index contributed by atoms with van der Waals surface area (Å²) in [6.07, 6.45) is -5.84. The molecule has 0 aromatic carbocycles. The van der Waals surface area contributed by atoms with Crippen molar-refractivity contribution in [3.63, 3.8) is 0 Å². The number of nitrogens with zero attached hydrogens (tertiary/aromatic N) is 1. The molecule has 2 bridgehead atoms. The van der Waals surface area contributed by atoms with E-state index in [2.05, 4.69) is 18.7 Å². The summed E-state index contributed by atoms with van der Waals surface area (Å²) in [7, 11) is 4.97. The van der Waals surface area contributed by atoms with Crippen LogP contribution in [0.1, 0.15) is 109 Å². The van der Waals surface area contributed by atoms with Gasteiger partial charge in [-0.1, -0.05) is 13.8 Å². The van der Waals surface area contributed by atoms with E-state index in [1.807, 2.05) is 41.7 Å². The molecule has 0 aromatic rings. The first-order valence-corrected chi connectivity index (χ1v) is 19.5. The third kappa shape index (κ3) is 8.54. The van der Waals surface area contributed by atoms with Crippen LogP contribution < -0.4 is 0 Å². The molecule has 2 N–H and O–H groups in total. The van der Waals surface area contributed by atoms with Gasteiger partial charge in [-0.2, -0.15) is 0 Å². The Morgan fingerprint density at radius 1 is 0.981 bits per heavy atom. The summed E-state index contributed by atoms with van der Waals surface area (Å²) in [5.41, 5.74) is -2.66. The first kappa shape index (κ1) is 44.0. The van der Waals surface area contributed by atoms with E-state index >= 15 is 0 Å². The van der Waals surface area contributed by atoms with Crippen LogP contribution in [0.25, 0.3) is 0 Å². The summed E-state index contributed by atoms with van der Waals surface area (Å²) in [5, 5.41) is 22.8. The fourth-order valence-corrected chi connectivity index (χ4v) is 9.05. The number of esters is 1. The van der Waals surface area contributed by atoms with Crippen molar-refractivity contribution in [2.75, 3.05) is 21.3 Å². The van der Waals surface area contributed by atoms with E-state index in [0.717, 1.165) is 5.57 Å². The second-order valence-corrected chi connectivity index (χ2v) is 17.1. The van der Waals surface area contributed by atoms with Crippen molar-refractivity contribution in [1.82, 2.24) is 4.90 Å². The molecule has 4 aliphatic rings.